The van der Waals surface area contributed by atoms with Crippen LogP contribution in [0.4, 0.5) is 4.39 Å². The molecular formula is C21H23FN4O2S2. The molecule has 3 heterocycles. The molecule has 2 aromatic heterocycles. The van der Waals surface area contributed by atoms with Crippen LogP contribution < -0.4 is 5.32 Å². The van der Waals surface area contributed by atoms with Gasteiger partial charge in [-0.1, -0.05) is 18.2 Å². The van der Waals surface area contributed by atoms with Gasteiger partial charge in [0.15, 0.2) is 10.6 Å². The Bertz CT molecular complexity index is 1050. The summed E-state index contributed by atoms with van der Waals surface area (Å²) in [5, 5.41) is 12.2. The maximum absolute atomic E-state index is 13.4. The lowest BCUT2D eigenvalue weighted by molar-refractivity contribution is -0.124. The molecule has 0 spiro atoms. The van der Waals surface area contributed by atoms with Gasteiger partial charge < -0.3 is 10.1 Å². The van der Waals surface area contributed by atoms with Crippen LogP contribution in [-0.4, -0.2) is 40.4 Å². The van der Waals surface area contributed by atoms with E-state index in [1.165, 1.54) is 12.1 Å². The molecule has 1 saturated heterocycles. The van der Waals surface area contributed by atoms with Gasteiger partial charge in [0.2, 0.25) is 5.91 Å². The van der Waals surface area contributed by atoms with E-state index < -0.39 is 6.04 Å². The molecule has 1 atom stereocenters. The van der Waals surface area contributed by atoms with E-state index in [1.807, 2.05) is 24.4 Å². The summed E-state index contributed by atoms with van der Waals surface area (Å²) in [4.78, 5) is 14.0. The van der Waals surface area contributed by atoms with E-state index in [1.54, 1.807) is 28.0 Å². The van der Waals surface area contributed by atoms with E-state index >= 15 is 0 Å². The summed E-state index contributed by atoms with van der Waals surface area (Å²) in [5.41, 5.74) is 0.731. The summed E-state index contributed by atoms with van der Waals surface area (Å²) in [7, 11) is 0. The van der Waals surface area contributed by atoms with E-state index in [0.717, 1.165) is 23.3 Å². The monoisotopic (exact) mass is 446 g/mol. The number of ether oxygens (including phenoxy) is 1. The van der Waals surface area contributed by atoms with Crippen LogP contribution in [0.2, 0.25) is 0 Å². The second kappa shape index (κ2) is 8.79. The van der Waals surface area contributed by atoms with Gasteiger partial charge in [-0.05, 0) is 61.1 Å². The Kier molecular flexibility index (Phi) is 6.12. The zero-order valence-corrected chi connectivity index (χ0v) is 18.2. The zero-order chi connectivity index (χ0) is 21.1. The first-order chi connectivity index (χ1) is 14.5. The Labute approximate surface area is 183 Å². The molecule has 2 N–H and O–H groups in total. The van der Waals surface area contributed by atoms with E-state index in [0.29, 0.717) is 30.4 Å². The number of rotatable bonds is 6. The number of H-pyrrole nitrogens is 1. The average molecular weight is 447 g/mol. The Morgan fingerprint density at radius 1 is 1.37 bits per heavy atom. The lowest BCUT2D eigenvalue weighted by Gasteiger charge is -2.38. The molecule has 1 aliphatic heterocycles. The third kappa shape index (κ3) is 4.10. The van der Waals surface area contributed by atoms with Gasteiger partial charge in [-0.25, -0.2) is 4.39 Å². The van der Waals surface area contributed by atoms with Gasteiger partial charge in [-0.15, -0.1) is 11.3 Å². The number of carbonyl (C=O) groups excluding carboxylic acids is 1. The predicted molar refractivity (Wildman–Crippen MR) is 117 cm³/mol. The molecule has 158 valence electrons. The van der Waals surface area contributed by atoms with Crippen molar-refractivity contribution in [2.24, 2.45) is 0 Å². The summed E-state index contributed by atoms with van der Waals surface area (Å²) in [6.07, 6.45) is 1.53. The van der Waals surface area contributed by atoms with Gasteiger partial charge in [0.25, 0.3) is 0 Å². The number of benzene rings is 1. The van der Waals surface area contributed by atoms with Gasteiger partial charge in [-0.2, -0.15) is 5.10 Å². The molecule has 0 radical (unpaired) electrons. The van der Waals surface area contributed by atoms with Crippen LogP contribution in [0.3, 0.4) is 0 Å². The Balaban J connectivity index is 1.54. The van der Waals surface area contributed by atoms with Crippen LogP contribution in [-0.2, 0) is 14.9 Å². The van der Waals surface area contributed by atoms with Gasteiger partial charge in [0.05, 0.1) is 4.88 Å². The quantitative estimate of drug-likeness (QED) is 0.556. The van der Waals surface area contributed by atoms with Crippen molar-refractivity contribution >= 4 is 29.5 Å². The SMILES string of the molecule is CC(C(=O)NCC1(c2ccc(F)cc2)CCOCC1)n1c(-c2cccs2)n[nH]c1=S. The summed E-state index contributed by atoms with van der Waals surface area (Å²) in [6, 6.07) is 9.89. The zero-order valence-electron chi connectivity index (χ0n) is 16.6. The molecule has 1 fully saturated rings. The minimum Gasteiger partial charge on any atom is -0.381 e. The van der Waals surface area contributed by atoms with Crippen molar-refractivity contribution < 1.29 is 13.9 Å². The number of carbonyl (C=O) groups is 1. The van der Waals surface area contributed by atoms with Crippen molar-refractivity contribution in [2.45, 2.75) is 31.2 Å². The molecule has 0 saturated carbocycles. The highest BCUT2D eigenvalue weighted by Gasteiger charge is 2.35. The fourth-order valence-corrected chi connectivity index (χ4v) is 4.90. The molecular weight excluding hydrogens is 423 g/mol. The topological polar surface area (TPSA) is 71.9 Å². The predicted octanol–water partition coefficient (Wildman–Crippen LogP) is 4.23. The average Bonchev–Trinajstić information content (AvgIpc) is 3.42. The first-order valence-corrected chi connectivity index (χ1v) is 11.1. The highest BCUT2D eigenvalue weighted by molar-refractivity contribution is 7.71. The first kappa shape index (κ1) is 20.9. The van der Waals surface area contributed by atoms with Crippen molar-refractivity contribution in [3.05, 3.63) is 57.9 Å². The maximum Gasteiger partial charge on any atom is 0.242 e. The van der Waals surface area contributed by atoms with Crippen molar-refractivity contribution in [1.82, 2.24) is 20.1 Å². The highest BCUT2D eigenvalue weighted by atomic mass is 32.1. The normalized spacial score (nSPS) is 16.9. The molecule has 4 rings (SSSR count). The second-order valence-corrected chi connectivity index (χ2v) is 8.83. The van der Waals surface area contributed by atoms with E-state index in [4.69, 9.17) is 17.0 Å². The summed E-state index contributed by atoms with van der Waals surface area (Å²) in [6.45, 7) is 3.48. The molecule has 0 aliphatic carbocycles. The highest BCUT2D eigenvalue weighted by Crippen LogP contribution is 2.34. The van der Waals surface area contributed by atoms with Crippen molar-refractivity contribution in [3.8, 4) is 10.7 Å². The van der Waals surface area contributed by atoms with Crippen LogP contribution in [0.5, 0.6) is 0 Å². The van der Waals surface area contributed by atoms with Crippen LogP contribution in [0.1, 0.15) is 31.4 Å². The van der Waals surface area contributed by atoms with Crippen molar-refractivity contribution in [2.75, 3.05) is 19.8 Å². The molecule has 0 bridgehead atoms. The number of aromatic amines is 1. The number of aromatic nitrogens is 3. The number of halogens is 1. The summed E-state index contributed by atoms with van der Waals surface area (Å²) < 4.78 is 21.1. The number of nitrogens with one attached hydrogen (secondary N) is 2. The standard InChI is InChI=1S/C21H23FN4O2S2/c1-14(26-18(24-25-20(26)29)17-3-2-12-30-17)19(27)23-13-21(8-10-28-11-9-21)15-4-6-16(22)7-5-15/h2-7,12,14H,8-11,13H2,1H3,(H,23,27)(H,25,29). The molecule has 1 unspecified atom stereocenters. The maximum atomic E-state index is 13.4. The van der Waals surface area contributed by atoms with Crippen LogP contribution in [0.25, 0.3) is 10.7 Å². The largest absolute Gasteiger partial charge is 0.381 e. The molecule has 9 heteroatoms. The minimum absolute atomic E-state index is 0.140. The van der Waals surface area contributed by atoms with E-state index in [2.05, 4.69) is 15.5 Å². The number of hydrogen-bond donors (Lipinski definition) is 2. The molecule has 1 amide bonds. The molecule has 3 aromatic rings. The third-order valence-corrected chi connectivity index (χ3v) is 6.87. The number of nitrogens with zero attached hydrogens (tertiary/aromatic N) is 2. The van der Waals surface area contributed by atoms with Gasteiger partial charge >= 0.3 is 0 Å². The van der Waals surface area contributed by atoms with E-state index in [-0.39, 0.29) is 17.1 Å². The number of thiophene rings is 1. The summed E-state index contributed by atoms with van der Waals surface area (Å²) >= 11 is 6.92. The van der Waals surface area contributed by atoms with Crippen molar-refractivity contribution in [1.29, 1.82) is 0 Å². The number of hydrogen-bond acceptors (Lipinski definition) is 5. The van der Waals surface area contributed by atoms with Gasteiger partial charge in [0.1, 0.15) is 11.9 Å². The Hall–Kier alpha value is -2.36. The number of amides is 1. The molecule has 1 aromatic carbocycles. The van der Waals surface area contributed by atoms with Crippen LogP contribution in [0.15, 0.2) is 41.8 Å². The van der Waals surface area contributed by atoms with Crippen molar-refractivity contribution in [3.63, 3.8) is 0 Å². The summed E-state index contributed by atoms with van der Waals surface area (Å²) in [5.74, 6) is 0.240. The fraction of sp³-hybridized carbons (Fsp3) is 0.381. The molecule has 30 heavy (non-hydrogen) atoms. The molecule has 6 nitrogen and oxygen atoms in total. The van der Waals surface area contributed by atoms with Gasteiger partial charge in [0, 0.05) is 25.2 Å². The van der Waals surface area contributed by atoms with Crippen LogP contribution >= 0.6 is 23.6 Å². The van der Waals surface area contributed by atoms with E-state index in [9.17, 15) is 9.18 Å². The molecule has 1 aliphatic rings. The second-order valence-electron chi connectivity index (χ2n) is 7.49. The fourth-order valence-electron chi connectivity index (χ4n) is 3.90. The first-order valence-electron chi connectivity index (χ1n) is 9.82. The Morgan fingerprint density at radius 3 is 2.77 bits per heavy atom. The third-order valence-electron chi connectivity index (χ3n) is 5.72. The van der Waals surface area contributed by atoms with Gasteiger partial charge in [-0.3, -0.25) is 14.5 Å². The smallest absolute Gasteiger partial charge is 0.242 e. The lowest BCUT2D eigenvalue weighted by atomic mass is 9.74. The lowest BCUT2D eigenvalue weighted by Crippen LogP contribution is -2.46. The Morgan fingerprint density at radius 2 is 2.10 bits per heavy atom. The van der Waals surface area contributed by atoms with Crippen LogP contribution in [0, 0.1) is 10.6 Å². The minimum atomic E-state index is -0.529.